The molecule has 0 amide bonds. The molecule has 6 heteroatoms. The van der Waals surface area contributed by atoms with Crippen LogP contribution in [0.2, 0.25) is 0 Å². The van der Waals surface area contributed by atoms with Crippen molar-refractivity contribution in [2.45, 2.75) is 37.3 Å². The average molecular weight is 298 g/mol. The zero-order valence-electron chi connectivity index (χ0n) is 12.0. The fraction of sp³-hybridized carbons (Fsp3) is 0.429. The fourth-order valence-corrected chi connectivity index (χ4v) is 2.94. The molecule has 0 aliphatic carbocycles. The Labute approximate surface area is 118 Å². The lowest BCUT2D eigenvalue weighted by atomic mass is 10.2. The standard InChI is InChI=1S/C14H18O5S/c1-5-19-13(16)14(3,4)20(17,18)12-8-6-11(7-9-12)10(2)15/h6-9H,5H2,1-4H3. The molecule has 0 aliphatic heterocycles. The highest BCUT2D eigenvalue weighted by Gasteiger charge is 2.44. The van der Waals surface area contributed by atoms with Gasteiger partial charge in [-0.1, -0.05) is 12.1 Å². The largest absolute Gasteiger partial charge is 0.465 e. The van der Waals surface area contributed by atoms with Crippen molar-refractivity contribution in [3.63, 3.8) is 0 Å². The molecular formula is C14H18O5S. The van der Waals surface area contributed by atoms with Crippen LogP contribution in [0.1, 0.15) is 38.1 Å². The van der Waals surface area contributed by atoms with Gasteiger partial charge in [0.25, 0.3) is 0 Å². The molecule has 0 heterocycles. The summed E-state index contributed by atoms with van der Waals surface area (Å²) < 4.78 is 28.1. The SMILES string of the molecule is CCOC(=O)C(C)(C)S(=O)(=O)c1ccc(C(C)=O)cc1. The third-order valence-corrected chi connectivity index (χ3v) is 5.41. The van der Waals surface area contributed by atoms with Crippen LogP contribution in [0.5, 0.6) is 0 Å². The number of esters is 1. The van der Waals surface area contributed by atoms with Crippen molar-refractivity contribution >= 4 is 21.6 Å². The highest BCUT2D eigenvalue weighted by atomic mass is 32.2. The molecule has 1 aromatic rings. The van der Waals surface area contributed by atoms with Crippen LogP contribution in [0, 0.1) is 0 Å². The molecule has 0 bridgehead atoms. The normalized spacial score (nSPS) is 12.0. The molecular weight excluding hydrogens is 280 g/mol. The summed E-state index contributed by atoms with van der Waals surface area (Å²) in [5.74, 6) is -0.950. The summed E-state index contributed by atoms with van der Waals surface area (Å²) in [6.45, 7) is 5.73. The zero-order chi connectivity index (χ0) is 15.6. The highest BCUT2D eigenvalue weighted by molar-refractivity contribution is 7.93. The van der Waals surface area contributed by atoms with E-state index >= 15 is 0 Å². The van der Waals surface area contributed by atoms with Gasteiger partial charge in [0.15, 0.2) is 20.4 Å². The Hall–Kier alpha value is -1.69. The van der Waals surface area contributed by atoms with Crippen LogP contribution in [0.4, 0.5) is 0 Å². The second-order valence-electron chi connectivity index (χ2n) is 4.81. The molecule has 1 rings (SSSR count). The zero-order valence-corrected chi connectivity index (χ0v) is 12.8. The number of Topliss-reactive ketones (excluding diaryl/α,β-unsaturated/α-hetero) is 1. The summed E-state index contributed by atoms with van der Waals surface area (Å²) in [6, 6.07) is 5.51. The minimum absolute atomic E-state index is 0.0134. The quantitative estimate of drug-likeness (QED) is 0.614. The van der Waals surface area contributed by atoms with Crippen LogP contribution in [-0.2, 0) is 19.4 Å². The number of benzene rings is 1. The summed E-state index contributed by atoms with van der Waals surface area (Å²) in [7, 11) is -3.89. The lowest BCUT2D eigenvalue weighted by molar-refractivity contribution is -0.145. The maximum atomic E-state index is 12.5. The summed E-state index contributed by atoms with van der Waals surface area (Å²) in [5.41, 5.74) is 0.415. The average Bonchev–Trinajstić information content (AvgIpc) is 2.38. The van der Waals surface area contributed by atoms with E-state index in [4.69, 9.17) is 4.74 Å². The number of ketones is 1. The van der Waals surface area contributed by atoms with Gasteiger partial charge in [0.05, 0.1) is 11.5 Å². The Kier molecular flexibility index (Phi) is 4.70. The lowest BCUT2D eigenvalue weighted by Gasteiger charge is -2.22. The lowest BCUT2D eigenvalue weighted by Crippen LogP contribution is -2.42. The molecule has 0 atom stereocenters. The van der Waals surface area contributed by atoms with E-state index in [2.05, 4.69) is 0 Å². The van der Waals surface area contributed by atoms with Gasteiger partial charge in [0.2, 0.25) is 0 Å². The van der Waals surface area contributed by atoms with Crippen LogP contribution in [-0.4, -0.2) is 31.5 Å². The molecule has 5 nitrogen and oxygen atoms in total. The van der Waals surface area contributed by atoms with Crippen molar-refractivity contribution in [3.05, 3.63) is 29.8 Å². The van der Waals surface area contributed by atoms with Crippen molar-refractivity contribution in [1.82, 2.24) is 0 Å². The van der Waals surface area contributed by atoms with Crippen LogP contribution < -0.4 is 0 Å². The van der Waals surface area contributed by atoms with E-state index in [-0.39, 0.29) is 17.3 Å². The number of carbonyl (C=O) groups is 2. The summed E-state index contributed by atoms with van der Waals surface area (Å²) in [6.07, 6.45) is 0. The maximum absolute atomic E-state index is 12.5. The molecule has 0 unspecified atom stereocenters. The predicted molar refractivity (Wildman–Crippen MR) is 74.3 cm³/mol. The number of rotatable bonds is 5. The van der Waals surface area contributed by atoms with Gasteiger partial charge in [-0.15, -0.1) is 0 Å². The molecule has 0 saturated heterocycles. The number of hydrogen-bond donors (Lipinski definition) is 0. The first-order chi connectivity index (χ1) is 9.14. The van der Waals surface area contributed by atoms with Gasteiger partial charge >= 0.3 is 5.97 Å². The molecule has 1 aromatic carbocycles. The van der Waals surface area contributed by atoms with E-state index in [0.717, 1.165) is 0 Å². The van der Waals surface area contributed by atoms with Crippen molar-refractivity contribution in [3.8, 4) is 0 Å². The van der Waals surface area contributed by atoms with Gasteiger partial charge in [-0.2, -0.15) is 0 Å². The third kappa shape index (κ3) is 2.90. The number of sulfone groups is 1. The van der Waals surface area contributed by atoms with Gasteiger partial charge in [-0.25, -0.2) is 8.42 Å². The van der Waals surface area contributed by atoms with Crippen LogP contribution in [0.3, 0.4) is 0 Å². The Morgan fingerprint density at radius 3 is 2.05 bits per heavy atom. The van der Waals surface area contributed by atoms with Gasteiger partial charge in [0.1, 0.15) is 0 Å². The van der Waals surface area contributed by atoms with Gasteiger partial charge in [0, 0.05) is 5.56 Å². The molecule has 0 saturated carbocycles. The Morgan fingerprint density at radius 2 is 1.65 bits per heavy atom. The predicted octanol–water partition coefficient (Wildman–Crippen LogP) is 2.00. The molecule has 0 aromatic heterocycles. The van der Waals surface area contributed by atoms with Crippen molar-refractivity contribution in [2.24, 2.45) is 0 Å². The Morgan fingerprint density at radius 1 is 1.15 bits per heavy atom. The van der Waals surface area contributed by atoms with E-state index in [1.54, 1.807) is 6.92 Å². The van der Waals surface area contributed by atoms with Crippen molar-refractivity contribution in [1.29, 1.82) is 0 Å². The minimum Gasteiger partial charge on any atom is -0.465 e. The summed E-state index contributed by atoms with van der Waals surface area (Å²) in [5, 5.41) is 0. The van der Waals surface area contributed by atoms with E-state index < -0.39 is 20.6 Å². The third-order valence-electron chi connectivity index (χ3n) is 3.01. The smallest absolute Gasteiger partial charge is 0.327 e. The molecule has 0 N–H and O–H groups in total. The number of hydrogen-bond acceptors (Lipinski definition) is 5. The van der Waals surface area contributed by atoms with Gasteiger partial charge < -0.3 is 4.74 Å². The van der Waals surface area contributed by atoms with E-state index in [1.807, 2.05) is 0 Å². The number of ether oxygens (including phenoxy) is 1. The molecule has 110 valence electrons. The first-order valence-corrected chi connectivity index (χ1v) is 7.65. The molecule has 0 aliphatic rings. The second-order valence-corrected chi connectivity index (χ2v) is 7.31. The Bertz CT molecular complexity index is 611. The monoisotopic (exact) mass is 298 g/mol. The van der Waals surface area contributed by atoms with Gasteiger partial charge in [-0.05, 0) is 39.8 Å². The first kappa shape index (κ1) is 16.4. The van der Waals surface area contributed by atoms with Crippen molar-refractivity contribution in [2.75, 3.05) is 6.61 Å². The van der Waals surface area contributed by atoms with Gasteiger partial charge in [-0.3, -0.25) is 9.59 Å². The summed E-state index contributed by atoms with van der Waals surface area (Å²) >= 11 is 0. The molecule has 0 spiro atoms. The van der Waals surface area contributed by atoms with Crippen molar-refractivity contribution < 1.29 is 22.7 Å². The van der Waals surface area contributed by atoms with Crippen LogP contribution in [0.25, 0.3) is 0 Å². The topological polar surface area (TPSA) is 77.5 Å². The van der Waals surface area contributed by atoms with Crippen LogP contribution >= 0.6 is 0 Å². The van der Waals surface area contributed by atoms with E-state index in [9.17, 15) is 18.0 Å². The molecule has 0 radical (unpaired) electrons. The summed E-state index contributed by atoms with van der Waals surface area (Å²) in [4.78, 5) is 23.0. The fourth-order valence-electron chi connectivity index (χ4n) is 1.58. The Balaban J connectivity index is 3.22. The maximum Gasteiger partial charge on any atom is 0.327 e. The highest BCUT2D eigenvalue weighted by Crippen LogP contribution is 2.27. The van der Waals surface area contributed by atoms with E-state index in [1.165, 1.54) is 45.0 Å². The molecule has 0 fully saturated rings. The second kappa shape index (κ2) is 5.75. The van der Waals surface area contributed by atoms with E-state index in [0.29, 0.717) is 5.56 Å². The minimum atomic E-state index is -3.89. The number of carbonyl (C=O) groups excluding carboxylic acids is 2. The molecule has 20 heavy (non-hydrogen) atoms. The first-order valence-electron chi connectivity index (χ1n) is 6.17. The van der Waals surface area contributed by atoms with Crippen LogP contribution in [0.15, 0.2) is 29.2 Å².